The van der Waals surface area contributed by atoms with Crippen LogP contribution in [-0.2, 0) is 17.6 Å². The molecule has 0 saturated heterocycles. The number of fused-ring (bicyclic) bond motifs is 3. The zero-order valence-electron chi connectivity index (χ0n) is 16.5. The summed E-state index contributed by atoms with van der Waals surface area (Å²) in [5.41, 5.74) is 0.692. The lowest BCUT2D eigenvalue weighted by Gasteiger charge is -2.32. The number of rotatable bonds is 4. The van der Waals surface area contributed by atoms with E-state index >= 15 is 0 Å². The highest BCUT2D eigenvalue weighted by Crippen LogP contribution is 2.41. The van der Waals surface area contributed by atoms with Crippen LogP contribution in [0.1, 0.15) is 62.8 Å². The number of hydrogen-bond acceptors (Lipinski definition) is 6. The number of aryl methyl sites for hydroxylation is 1. The Kier molecular flexibility index (Phi) is 5.62. The molecular formula is C21H26N4OS2. The van der Waals surface area contributed by atoms with E-state index in [-0.39, 0.29) is 11.2 Å². The zero-order valence-corrected chi connectivity index (χ0v) is 18.1. The minimum absolute atomic E-state index is 0.0714. The maximum atomic E-state index is 12.9. The lowest BCUT2D eigenvalue weighted by atomic mass is 9.83. The molecule has 2 aromatic heterocycles. The van der Waals surface area contributed by atoms with Gasteiger partial charge in [-0.05, 0) is 50.5 Å². The number of nitrogens with zero attached hydrogens (tertiary/aromatic N) is 3. The van der Waals surface area contributed by atoms with Crippen molar-refractivity contribution in [1.82, 2.24) is 15.3 Å². The molecular weight excluding hydrogens is 388 g/mol. The summed E-state index contributed by atoms with van der Waals surface area (Å²) in [5, 5.41) is 14.4. The van der Waals surface area contributed by atoms with Crippen molar-refractivity contribution in [2.24, 2.45) is 5.92 Å². The Morgan fingerprint density at radius 3 is 2.93 bits per heavy atom. The minimum atomic E-state index is -0.692. The van der Waals surface area contributed by atoms with Gasteiger partial charge in [0.15, 0.2) is 0 Å². The van der Waals surface area contributed by atoms with Gasteiger partial charge in [-0.3, -0.25) is 4.79 Å². The Morgan fingerprint density at radius 2 is 2.18 bits per heavy atom. The number of aromatic nitrogens is 2. The average Bonchev–Trinajstić information content (AvgIpc) is 3.07. The number of carbonyl (C=O) groups is 1. The largest absolute Gasteiger partial charge is 0.337 e. The van der Waals surface area contributed by atoms with Gasteiger partial charge in [-0.25, -0.2) is 9.97 Å². The van der Waals surface area contributed by atoms with Crippen molar-refractivity contribution in [3.63, 3.8) is 0 Å². The highest BCUT2D eigenvalue weighted by Gasteiger charge is 2.35. The van der Waals surface area contributed by atoms with Crippen LogP contribution in [0.15, 0.2) is 11.4 Å². The van der Waals surface area contributed by atoms with Gasteiger partial charge in [-0.15, -0.1) is 11.3 Å². The molecule has 0 bridgehead atoms. The maximum absolute atomic E-state index is 12.9. The quantitative estimate of drug-likeness (QED) is 0.582. The molecule has 0 aliphatic heterocycles. The molecule has 148 valence electrons. The van der Waals surface area contributed by atoms with Gasteiger partial charge >= 0.3 is 0 Å². The second kappa shape index (κ2) is 8.00. The first-order valence-corrected chi connectivity index (χ1v) is 11.9. The van der Waals surface area contributed by atoms with Crippen LogP contribution < -0.4 is 5.32 Å². The summed E-state index contributed by atoms with van der Waals surface area (Å²) in [6.07, 6.45) is 9.63. The van der Waals surface area contributed by atoms with E-state index < -0.39 is 5.54 Å². The average molecular weight is 415 g/mol. The van der Waals surface area contributed by atoms with Crippen LogP contribution in [-0.4, -0.2) is 26.7 Å². The van der Waals surface area contributed by atoms with Crippen LogP contribution in [0.25, 0.3) is 10.2 Å². The first-order valence-electron chi connectivity index (χ1n) is 10.2. The molecule has 2 aliphatic carbocycles. The normalized spacial score (nSPS) is 22.2. The van der Waals surface area contributed by atoms with Crippen molar-refractivity contribution in [2.45, 2.75) is 81.0 Å². The van der Waals surface area contributed by atoms with E-state index in [9.17, 15) is 10.1 Å². The minimum Gasteiger partial charge on any atom is -0.337 e. The molecule has 0 aromatic carbocycles. The zero-order chi connectivity index (χ0) is 19.7. The fourth-order valence-corrected chi connectivity index (χ4v) is 6.68. The summed E-state index contributed by atoms with van der Waals surface area (Å²) < 4.78 is 0. The van der Waals surface area contributed by atoms with E-state index in [1.54, 1.807) is 17.7 Å². The third-order valence-corrected chi connectivity index (χ3v) is 8.26. The van der Waals surface area contributed by atoms with Gasteiger partial charge in [0.05, 0.1) is 11.3 Å². The molecule has 2 aromatic rings. The molecule has 1 N–H and O–H groups in total. The molecule has 1 amide bonds. The van der Waals surface area contributed by atoms with Crippen LogP contribution in [0, 0.1) is 17.2 Å². The summed E-state index contributed by atoms with van der Waals surface area (Å²) in [7, 11) is 0. The molecule has 0 radical (unpaired) electrons. The van der Waals surface area contributed by atoms with Crippen LogP contribution in [0.3, 0.4) is 0 Å². The Morgan fingerprint density at radius 1 is 1.39 bits per heavy atom. The summed E-state index contributed by atoms with van der Waals surface area (Å²) in [6, 6.07) is 2.37. The summed E-state index contributed by atoms with van der Waals surface area (Å²) >= 11 is 3.27. The molecule has 2 atom stereocenters. The number of carbonyl (C=O) groups excluding carboxylic acids is 1. The third kappa shape index (κ3) is 3.77. The van der Waals surface area contributed by atoms with Crippen molar-refractivity contribution >= 4 is 39.2 Å². The molecule has 5 nitrogen and oxygen atoms in total. The molecule has 2 aliphatic rings. The van der Waals surface area contributed by atoms with Crippen LogP contribution in [0.4, 0.5) is 0 Å². The van der Waals surface area contributed by atoms with Gasteiger partial charge in [0.2, 0.25) is 5.91 Å². The predicted octanol–water partition coefficient (Wildman–Crippen LogP) is 4.64. The Bertz CT molecular complexity index is 926. The molecule has 1 saturated carbocycles. The molecule has 7 heteroatoms. The highest BCUT2D eigenvalue weighted by molar-refractivity contribution is 8.00. The van der Waals surface area contributed by atoms with E-state index in [0.29, 0.717) is 5.92 Å². The number of thioether (sulfide) groups is 1. The van der Waals surface area contributed by atoms with Crippen LogP contribution in [0.5, 0.6) is 0 Å². The molecule has 28 heavy (non-hydrogen) atoms. The lowest BCUT2D eigenvalue weighted by molar-refractivity contribution is -0.121. The van der Waals surface area contributed by atoms with Crippen molar-refractivity contribution < 1.29 is 4.79 Å². The number of thiophene rings is 1. The molecule has 4 rings (SSSR count). The molecule has 1 fully saturated rings. The number of nitrogens with one attached hydrogen (secondary N) is 1. The SMILES string of the molecule is C[C@H]1CCc2c(sc3ncnc(S[C@@H](C)C(=O)NC4(C#N)CCCCC4)c23)C1. The van der Waals surface area contributed by atoms with Gasteiger partial charge in [-0.2, -0.15) is 5.26 Å². The Hall–Kier alpha value is -1.65. The monoisotopic (exact) mass is 414 g/mol. The van der Waals surface area contributed by atoms with Gasteiger partial charge in [-0.1, -0.05) is 37.9 Å². The van der Waals surface area contributed by atoms with E-state index in [4.69, 9.17) is 0 Å². The second-order valence-corrected chi connectivity index (χ2v) is 10.6. The first kappa shape index (κ1) is 19.7. The van der Waals surface area contributed by atoms with Crippen molar-refractivity contribution in [3.8, 4) is 6.07 Å². The summed E-state index contributed by atoms with van der Waals surface area (Å²) in [5.74, 6) is 0.643. The number of hydrogen-bond donors (Lipinski definition) is 1. The van der Waals surface area contributed by atoms with Gasteiger partial charge in [0.1, 0.15) is 21.7 Å². The van der Waals surface area contributed by atoms with Gasteiger partial charge in [0.25, 0.3) is 0 Å². The number of amides is 1. The first-order chi connectivity index (χ1) is 13.5. The van der Waals surface area contributed by atoms with E-state index in [2.05, 4.69) is 28.3 Å². The van der Waals surface area contributed by atoms with Crippen LogP contribution in [0.2, 0.25) is 0 Å². The number of nitriles is 1. The van der Waals surface area contributed by atoms with Gasteiger partial charge in [0, 0.05) is 10.3 Å². The van der Waals surface area contributed by atoms with E-state index in [1.807, 2.05) is 6.92 Å². The van der Waals surface area contributed by atoms with Crippen molar-refractivity contribution in [3.05, 3.63) is 16.8 Å². The van der Waals surface area contributed by atoms with Crippen LogP contribution >= 0.6 is 23.1 Å². The third-order valence-electron chi connectivity index (χ3n) is 6.00. The Balaban J connectivity index is 1.54. The van der Waals surface area contributed by atoms with Crippen molar-refractivity contribution in [1.29, 1.82) is 5.26 Å². The summed E-state index contributed by atoms with van der Waals surface area (Å²) in [6.45, 7) is 4.21. The fraction of sp³-hybridized carbons (Fsp3) is 0.619. The smallest absolute Gasteiger partial charge is 0.234 e. The van der Waals surface area contributed by atoms with E-state index in [0.717, 1.165) is 60.2 Å². The molecule has 0 unspecified atom stereocenters. The maximum Gasteiger partial charge on any atom is 0.234 e. The topological polar surface area (TPSA) is 78.7 Å². The highest BCUT2D eigenvalue weighted by atomic mass is 32.2. The Labute approximate surface area is 174 Å². The molecule has 0 spiro atoms. The second-order valence-electron chi connectivity index (χ2n) is 8.21. The standard InChI is InChI=1S/C21H26N4OS2/c1-13-6-7-15-16(10-13)28-20-17(15)19(23-12-24-20)27-14(2)18(26)25-21(11-22)8-4-3-5-9-21/h12-14H,3-10H2,1-2H3,(H,25,26)/t13-,14-/m0/s1. The van der Waals surface area contributed by atoms with E-state index in [1.165, 1.54) is 28.6 Å². The molecule has 2 heterocycles. The fourth-order valence-electron chi connectivity index (χ4n) is 4.31. The van der Waals surface area contributed by atoms with Crippen molar-refractivity contribution in [2.75, 3.05) is 0 Å². The summed E-state index contributed by atoms with van der Waals surface area (Å²) in [4.78, 5) is 24.3. The lowest BCUT2D eigenvalue weighted by Crippen LogP contribution is -2.50. The van der Waals surface area contributed by atoms with Gasteiger partial charge < -0.3 is 5.32 Å². The predicted molar refractivity (Wildman–Crippen MR) is 113 cm³/mol.